The second-order valence-electron chi connectivity index (χ2n) is 5.60. The number of carbonyl (C=O) groups excluding carboxylic acids is 3. The van der Waals surface area contributed by atoms with E-state index in [1.165, 1.54) is 24.3 Å². The van der Waals surface area contributed by atoms with E-state index < -0.39 is 28.5 Å². The highest BCUT2D eigenvalue weighted by molar-refractivity contribution is 7.89. The first kappa shape index (κ1) is 21.6. The number of rotatable bonds is 9. The molecule has 1 aromatic rings. The number of hydrogen-bond donors (Lipinski definition) is 3. The van der Waals surface area contributed by atoms with Crippen LogP contribution >= 0.6 is 0 Å². The molecule has 1 aromatic carbocycles. The van der Waals surface area contributed by atoms with Gasteiger partial charge in [-0.05, 0) is 38.1 Å². The molecule has 3 N–H and O–H groups in total. The largest absolute Gasteiger partial charge is 0.452 e. The monoisotopic (exact) mass is 385 g/mol. The van der Waals surface area contributed by atoms with Crippen LogP contribution < -0.4 is 15.4 Å². The number of carbonyl (C=O) groups is 3. The number of sulfonamides is 1. The van der Waals surface area contributed by atoms with Crippen molar-refractivity contribution in [3.8, 4) is 0 Å². The van der Waals surface area contributed by atoms with E-state index >= 15 is 0 Å². The van der Waals surface area contributed by atoms with Gasteiger partial charge in [0.15, 0.2) is 6.61 Å². The van der Waals surface area contributed by atoms with Crippen LogP contribution in [0.4, 0.5) is 0 Å². The highest BCUT2D eigenvalue weighted by atomic mass is 32.2. The van der Waals surface area contributed by atoms with Crippen molar-refractivity contribution >= 4 is 27.8 Å². The van der Waals surface area contributed by atoms with Gasteiger partial charge >= 0.3 is 5.97 Å². The van der Waals surface area contributed by atoms with Crippen LogP contribution in [0.3, 0.4) is 0 Å². The normalized spacial score (nSPS) is 11.1. The van der Waals surface area contributed by atoms with Crippen molar-refractivity contribution in [1.29, 1.82) is 0 Å². The number of hydrogen-bond acceptors (Lipinski definition) is 6. The molecule has 0 atom stereocenters. The lowest BCUT2D eigenvalue weighted by atomic mass is 10.2. The Hall–Kier alpha value is -2.46. The maximum atomic E-state index is 11.9. The average molecular weight is 385 g/mol. The summed E-state index contributed by atoms with van der Waals surface area (Å²) in [7, 11) is -3.61. The van der Waals surface area contributed by atoms with Crippen LogP contribution in [-0.2, 0) is 24.3 Å². The molecule has 10 heteroatoms. The summed E-state index contributed by atoms with van der Waals surface area (Å²) in [6.45, 7) is 4.71. The van der Waals surface area contributed by atoms with Crippen LogP contribution in [0.5, 0.6) is 0 Å². The smallest absolute Gasteiger partial charge is 0.338 e. The van der Waals surface area contributed by atoms with Gasteiger partial charge in [0, 0.05) is 12.6 Å². The second-order valence-corrected chi connectivity index (χ2v) is 7.37. The molecule has 0 unspecified atom stereocenters. The van der Waals surface area contributed by atoms with Gasteiger partial charge < -0.3 is 15.4 Å². The van der Waals surface area contributed by atoms with Crippen LogP contribution in [0.25, 0.3) is 0 Å². The van der Waals surface area contributed by atoms with Gasteiger partial charge in [0.1, 0.15) is 0 Å². The van der Waals surface area contributed by atoms with E-state index in [2.05, 4.69) is 15.4 Å². The highest BCUT2D eigenvalue weighted by Crippen LogP contribution is 2.11. The molecule has 0 aromatic heterocycles. The fourth-order valence-electron chi connectivity index (χ4n) is 1.86. The second kappa shape index (κ2) is 9.88. The van der Waals surface area contributed by atoms with Gasteiger partial charge in [0.05, 0.1) is 17.0 Å². The first-order valence-corrected chi connectivity index (χ1v) is 9.47. The fraction of sp³-hybridized carbons (Fsp3) is 0.438. The third-order valence-electron chi connectivity index (χ3n) is 2.96. The Kier molecular flexibility index (Phi) is 8.20. The van der Waals surface area contributed by atoms with Crippen molar-refractivity contribution in [3.05, 3.63) is 29.8 Å². The van der Waals surface area contributed by atoms with E-state index in [-0.39, 0.29) is 35.5 Å². The summed E-state index contributed by atoms with van der Waals surface area (Å²) in [6.07, 6.45) is 0. The lowest BCUT2D eigenvalue weighted by Gasteiger charge is -2.09. The summed E-state index contributed by atoms with van der Waals surface area (Å²) >= 11 is 0. The van der Waals surface area contributed by atoms with Crippen LogP contribution in [0.15, 0.2) is 29.2 Å². The average Bonchev–Trinajstić information content (AvgIpc) is 2.57. The van der Waals surface area contributed by atoms with Crippen molar-refractivity contribution in [2.24, 2.45) is 0 Å². The molecule has 0 spiro atoms. The Morgan fingerprint density at radius 2 is 1.69 bits per heavy atom. The molecule has 0 aliphatic heterocycles. The quantitative estimate of drug-likeness (QED) is 0.504. The molecule has 0 bridgehead atoms. The molecule has 0 aliphatic carbocycles. The van der Waals surface area contributed by atoms with Gasteiger partial charge in [0.2, 0.25) is 15.9 Å². The Bertz CT molecular complexity index is 744. The van der Waals surface area contributed by atoms with E-state index in [0.717, 1.165) is 0 Å². The Labute approximate surface area is 152 Å². The lowest BCUT2D eigenvalue weighted by molar-refractivity contribution is -0.128. The molecule has 2 amide bonds. The van der Waals surface area contributed by atoms with Crippen LogP contribution in [0.1, 0.15) is 31.1 Å². The molecule has 0 saturated carbocycles. The van der Waals surface area contributed by atoms with E-state index in [1.807, 2.05) is 0 Å². The van der Waals surface area contributed by atoms with Gasteiger partial charge in [-0.3, -0.25) is 9.59 Å². The topological polar surface area (TPSA) is 131 Å². The molecule has 26 heavy (non-hydrogen) atoms. The number of nitrogens with one attached hydrogen (secondary N) is 3. The number of amides is 2. The zero-order chi connectivity index (χ0) is 19.7. The predicted molar refractivity (Wildman–Crippen MR) is 93.9 cm³/mol. The zero-order valence-electron chi connectivity index (χ0n) is 14.9. The molecule has 1 rings (SSSR count). The highest BCUT2D eigenvalue weighted by Gasteiger charge is 2.15. The van der Waals surface area contributed by atoms with Crippen LogP contribution in [-0.4, -0.2) is 51.9 Å². The van der Waals surface area contributed by atoms with E-state index in [0.29, 0.717) is 0 Å². The maximum absolute atomic E-state index is 11.9. The van der Waals surface area contributed by atoms with Crippen molar-refractivity contribution in [1.82, 2.24) is 15.4 Å². The van der Waals surface area contributed by atoms with Crippen molar-refractivity contribution in [2.45, 2.75) is 31.7 Å². The molecule has 9 nitrogen and oxygen atoms in total. The molecule has 0 saturated heterocycles. The van der Waals surface area contributed by atoms with Gasteiger partial charge in [-0.1, -0.05) is 6.92 Å². The first-order chi connectivity index (χ1) is 12.2. The van der Waals surface area contributed by atoms with Crippen molar-refractivity contribution in [3.63, 3.8) is 0 Å². The number of esters is 1. The number of benzene rings is 1. The van der Waals surface area contributed by atoms with Crippen molar-refractivity contribution in [2.75, 3.05) is 19.7 Å². The SMILES string of the molecule is CCNS(=O)(=O)c1ccc(C(=O)OCC(=O)NCC(=O)NC(C)C)cc1. The summed E-state index contributed by atoms with van der Waals surface area (Å²) in [5, 5.41) is 4.92. The van der Waals surface area contributed by atoms with Crippen LogP contribution in [0.2, 0.25) is 0 Å². The molecule has 144 valence electrons. The van der Waals surface area contributed by atoms with Gasteiger partial charge in [-0.25, -0.2) is 17.9 Å². The third-order valence-corrected chi connectivity index (χ3v) is 4.53. The van der Waals surface area contributed by atoms with Gasteiger partial charge in [-0.15, -0.1) is 0 Å². The standard InChI is InChI=1S/C16H23N3O6S/c1-4-18-26(23,24)13-7-5-12(6-8-13)16(22)25-10-15(21)17-9-14(20)19-11(2)3/h5-8,11,18H,4,9-10H2,1-3H3,(H,17,21)(H,19,20). The summed E-state index contributed by atoms with van der Waals surface area (Å²) in [5.41, 5.74) is 0.103. The molecular formula is C16H23N3O6S. The first-order valence-electron chi connectivity index (χ1n) is 7.98. The summed E-state index contributed by atoms with van der Waals surface area (Å²) in [4.78, 5) is 34.9. The summed E-state index contributed by atoms with van der Waals surface area (Å²) in [6, 6.07) is 5.08. The van der Waals surface area contributed by atoms with Crippen LogP contribution in [0, 0.1) is 0 Å². The fourth-order valence-corrected chi connectivity index (χ4v) is 2.90. The molecule has 0 fully saturated rings. The summed E-state index contributed by atoms with van der Waals surface area (Å²) in [5.74, 6) is -1.75. The summed E-state index contributed by atoms with van der Waals surface area (Å²) < 4.78 is 30.8. The predicted octanol–water partition coefficient (Wildman–Crippen LogP) is -0.218. The van der Waals surface area contributed by atoms with E-state index in [9.17, 15) is 22.8 Å². The minimum absolute atomic E-state index is 0.0183. The third kappa shape index (κ3) is 7.19. The minimum Gasteiger partial charge on any atom is -0.452 e. The van der Waals surface area contributed by atoms with Gasteiger partial charge in [0.25, 0.3) is 5.91 Å². The lowest BCUT2D eigenvalue weighted by Crippen LogP contribution is -2.41. The Morgan fingerprint density at radius 1 is 1.08 bits per heavy atom. The van der Waals surface area contributed by atoms with Crippen molar-refractivity contribution < 1.29 is 27.5 Å². The molecule has 0 aliphatic rings. The Balaban J connectivity index is 2.50. The Morgan fingerprint density at radius 3 is 2.23 bits per heavy atom. The van der Waals surface area contributed by atoms with Gasteiger partial charge in [-0.2, -0.15) is 0 Å². The minimum atomic E-state index is -3.61. The molecular weight excluding hydrogens is 362 g/mol. The molecule has 0 heterocycles. The zero-order valence-corrected chi connectivity index (χ0v) is 15.7. The van der Waals surface area contributed by atoms with E-state index in [4.69, 9.17) is 4.74 Å². The number of ether oxygens (including phenoxy) is 1. The van der Waals surface area contributed by atoms with E-state index in [1.54, 1.807) is 20.8 Å². The molecule has 0 radical (unpaired) electrons. The maximum Gasteiger partial charge on any atom is 0.338 e.